The number of hydrogen-bond acceptors (Lipinski definition) is 4. The Morgan fingerprint density at radius 1 is 1.21 bits per heavy atom. The highest BCUT2D eigenvalue weighted by molar-refractivity contribution is 7.10. The molecule has 1 aromatic carbocycles. The number of benzene rings is 1. The molecule has 3 nitrogen and oxygen atoms in total. The van der Waals surface area contributed by atoms with E-state index in [-0.39, 0.29) is 5.75 Å². The number of halogens is 4. The minimum absolute atomic E-state index is 0.107. The van der Waals surface area contributed by atoms with E-state index in [4.69, 9.17) is 4.74 Å². The highest BCUT2D eigenvalue weighted by Gasteiger charge is 2.42. The third kappa shape index (κ3) is 3.15. The van der Waals surface area contributed by atoms with Gasteiger partial charge in [-0.25, -0.2) is 8.78 Å². The first-order chi connectivity index (χ1) is 11.4. The monoisotopic (exact) mass is 358 g/mol. The van der Waals surface area contributed by atoms with Gasteiger partial charge in [-0.3, -0.25) is 0 Å². The zero-order valence-corrected chi connectivity index (χ0v) is 13.3. The van der Waals surface area contributed by atoms with Crippen molar-refractivity contribution in [1.29, 1.82) is 0 Å². The van der Waals surface area contributed by atoms with Crippen LogP contribution in [0.1, 0.15) is 16.9 Å². The molecule has 0 aliphatic carbocycles. The molecule has 128 valence electrons. The van der Waals surface area contributed by atoms with Crippen LogP contribution in [0.4, 0.5) is 17.6 Å². The second kappa shape index (κ2) is 6.51. The van der Waals surface area contributed by atoms with Gasteiger partial charge < -0.3 is 4.74 Å². The van der Waals surface area contributed by atoms with Crippen molar-refractivity contribution in [3.05, 3.63) is 52.2 Å². The lowest BCUT2D eigenvalue weighted by Crippen LogP contribution is -2.33. The Kier molecular flexibility index (Phi) is 4.58. The summed E-state index contributed by atoms with van der Waals surface area (Å²) in [7, 11) is 0. The molecule has 0 saturated heterocycles. The molecule has 1 aliphatic heterocycles. The van der Waals surface area contributed by atoms with Gasteiger partial charge in [0.2, 0.25) is 0 Å². The van der Waals surface area contributed by atoms with E-state index < -0.39 is 24.5 Å². The molecule has 1 atom stereocenters. The summed E-state index contributed by atoms with van der Waals surface area (Å²) in [5.74, 6) is -4.06. The summed E-state index contributed by atoms with van der Waals surface area (Å²) >= 11 is 1.57. The Morgan fingerprint density at radius 2 is 1.96 bits per heavy atom. The lowest BCUT2D eigenvalue weighted by atomic mass is 9.87. The molecule has 0 amide bonds. The minimum atomic E-state index is -4.17. The zero-order valence-electron chi connectivity index (χ0n) is 12.5. The van der Waals surface area contributed by atoms with E-state index in [1.54, 1.807) is 23.5 Å². The molecule has 1 aliphatic rings. The van der Waals surface area contributed by atoms with E-state index in [9.17, 15) is 17.6 Å². The maximum atomic E-state index is 12.9. The van der Waals surface area contributed by atoms with Crippen LogP contribution in [0.25, 0.3) is 0 Å². The first-order valence-corrected chi connectivity index (χ1v) is 8.14. The summed E-state index contributed by atoms with van der Waals surface area (Å²) in [4.78, 5) is 1.04. The summed E-state index contributed by atoms with van der Waals surface area (Å²) in [5, 5.41) is 10.4. The maximum Gasteiger partial charge on any atom is 0.340 e. The van der Waals surface area contributed by atoms with Gasteiger partial charge in [0.05, 0.1) is 6.54 Å². The van der Waals surface area contributed by atoms with Crippen LogP contribution in [0.5, 0.6) is 5.75 Å². The van der Waals surface area contributed by atoms with Crippen molar-refractivity contribution in [3.8, 4) is 5.75 Å². The summed E-state index contributed by atoms with van der Waals surface area (Å²) < 4.78 is 54.9. The summed E-state index contributed by atoms with van der Waals surface area (Å²) in [5.41, 5.74) is 0.291. The van der Waals surface area contributed by atoms with Crippen LogP contribution in [0.15, 0.2) is 52.0 Å². The molecular formula is C16H14F4N2OS. The molecule has 0 spiro atoms. The Balaban J connectivity index is 1.78. The zero-order chi connectivity index (χ0) is 17.2. The van der Waals surface area contributed by atoms with Gasteiger partial charge >= 0.3 is 12.3 Å². The van der Waals surface area contributed by atoms with Crippen molar-refractivity contribution in [2.45, 2.75) is 24.3 Å². The highest BCUT2D eigenvalue weighted by Crippen LogP contribution is 2.43. The van der Waals surface area contributed by atoms with E-state index in [0.29, 0.717) is 6.54 Å². The van der Waals surface area contributed by atoms with Crippen LogP contribution in [-0.4, -0.2) is 25.5 Å². The quantitative estimate of drug-likeness (QED) is 0.660. The van der Waals surface area contributed by atoms with Crippen LogP contribution in [0.2, 0.25) is 0 Å². The fourth-order valence-corrected chi connectivity index (χ4v) is 3.45. The average Bonchev–Trinajstić information content (AvgIpc) is 3.25. The first-order valence-electron chi connectivity index (χ1n) is 7.26. The fourth-order valence-electron chi connectivity index (χ4n) is 2.53. The number of alkyl halides is 4. The van der Waals surface area contributed by atoms with E-state index in [1.165, 1.54) is 12.1 Å². The normalized spacial score (nSPS) is 20.7. The van der Waals surface area contributed by atoms with Crippen LogP contribution in [0.3, 0.4) is 0 Å². The molecule has 0 saturated carbocycles. The molecule has 0 bridgehead atoms. The van der Waals surface area contributed by atoms with Gasteiger partial charge in [0.15, 0.2) is 6.61 Å². The van der Waals surface area contributed by atoms with Gasteiger partial charge in [-0.05, 0) is 29.1 Å². The molecular weight excluding hydrogens is 344 g/mol. The smallest absolute Gasteiger partial charge is 0.340 e. The van der Waals surface area contributed by atoms with Crippen molar-refractivity contribution in [2.24, 2.45) is 10.2 Å². The Labute approximate surface area is 140 Å². The maximum absolute atomic E-state index is 12.9. The van der Waals surface area contributed by atoms with Gasteiger partial charge in [-0.1, -0.05) is 18.2 Å². The molecule has 0 N–H and O–H groups in total. The van der Waals surface area contributed by atoms with E-state index in [2.05, 4.69) is 10.2 Å². The fraction of sp³-hybridized carbons (Fsp3) is 0.375. The molecule has 0 radical (unpaired) electrons. The molecule has 3 rings (SSSR count). The van der Waals surface area contributed by atoms with Gasteiger partial charge in [0.25, 0.3) is 0 Å². The number of nitrogens with zero attached hydrogens (tertiary/aromatic N) is 2. The molecule has 2 heterocycles. The largest absolute Gasteiger partial charge is 0.487 e. The van der Waals surface area contributed by atoms with Crippen LogP contribution in [0, 0.1) is 0 Å². The second-order valence-electron chi connectivity index (χ2n) is 5.43. The van der Waals surface area contributed by atoms with Crippen molar-refractivity contribution >= 4 is 11.3 Å². The van der Waals surface area contributed by atoms with Crippen molar-refractivity contribution in [2.75, 3.05) is 13.2 Å². The predicted octanol–water partition coefficient (Wildman–Crippen LogP) is 5.13. The van der Waals surface area contributed by atoms with Crippen LogP contribution in [-0.2, 0) is 5.54 Å². The Bertz CT molecular complexity index is 703. The number of azo groups is 1. The van der Waals surface area contributed by atoms with E-state index >= 15 is 0 Å². The van der Waals surface area contributed by atoms with E-state index in [1.807, 2.05) is 17.5 Å². The lowest BCUT2D eigenvalue weighted by Gasteiger charge is -2.24. The van der Waals surface area contributed by atoms with Crippen molar-refractivity contribution in [3.63, 3.8) is 0 Å². The van der Waals surface area contributed by atoms with Gasteiger partial charge in [0.1, 0.15) is 11.3 Å². The van der Waals surface area contributed by atoms with Crippen molar-refractivity contribution < 1.29 is 22.3 Å². The number of ether oxygens (including phenoxy) is 1. The first kappa shape index (κ1) is 16.9. The van der Waals surface area contributed by atoms with Crippen LogP contribution < -0.4 is 4.74 Å². The lowest BCUT2D eigenvalue weighted by molar-refractivity contribution is -0.148. The van der Waals surface area contributed by atoms with Gasteiger partial charge in [-0.15, -0.1) is 11.3 Å². The third-order valence-electron chi connectivity index (χ3n) is 3.83. The SMILES string of the molecule is FC(F)C(F)(F)COc1ccc(C2(c3cccs3)CCN=N2)cc1. The number of rotatable bonds is 6. The summed E-state index contributed by atoms with van der Waals surface area (Å²) in [6, 6.07) is 10.3. The third-order valence-corrected chi connectivity index (χ3v) is 4.85. The highest BCUT2D eigenvalue weighted by atomic mass is 32.1. The van der Waals surface area contributed by atoms with Crippen molar-refractivity contribution in [1.82, 2.24) is 0 Å². The molecule has 8 heteroatoms. The topological polar surface area (TPSA) is 34.0 Å². The predicted molar refractivity (Wildman–Crippen MR) is 82.3 cm³/mol. The molecule has 0 fully saturated rings. The second-order valence-corrected chi connectivity index (χ2v) is 6.38. The summed E-state index contributed by atoms with van der Waals surface area (Å²) in [6.07, 6.45) is -3.03. The minimum Gasteiger partial charge on any atom is -0.487 e. The van der Waals surface area contributed by atoms with Gasteiger partial charge in [0, 0.05) is 11.3 Å². The van der Waals surface area contributed by atoms with E-state index in [0.717, 1.165) is 16.9 Å². The van der Waals surface area contributed by atoms with Crippen LogP contribution >= 0.6 is 11.3 Å². The number of hydrogen-bond donors (Lipinski definition) is 0. The number of thiophene rings is 1. The Morgan fingerprint density at radius 3 is 2.50 bits per heavy atom. The molecule has 1 unspecified atom stereocenters. The molecule has 1 aromatic heterocycles. The summed E-state index contributed by atoms with van der Waals surface area (Å²) in [6.45, 7) is -0.753. The van der Waals surface area contributed by atoms with Gasteiger partial charge in [-0.2, -0.15) is 19.0 Å². The Hall–Kier alpha value is -1.96. The molecule has 24 heavy (non-hydrogen) atoms. The molecule has 2 aromatic rings. The average molecular weight is 358 g/mol. The standard InChI is InChI=1S/C16H14F4N2OS/c17-14(18)16(19,20)10-23-12-5-3-11(4-6-12)15(7-8-21-22-15)13-2-1-9-24-13/h1-6,9,14H,7-8,10H2.